The second-order valence-corrected chi connectivity index (χ2v) is 21.6. The molecule has 4 atom stereocenters. The van der Waals surface area contributed by atoms with Crippen molar-refractivity contribution >= 4 is 63.0 Å². The number of thioether (sulfide) groups is 1. The van der Waals surface area contributed by atoms with Gasteiger partial charge in [0.05, 0.1) is 23.1 Å². The third-order valence-electron chi connectivity index (χ3n) is 12.8. The molecule has 1 unspecified atom stereocenters. The molecule has 10 rings (SSSR count). The second kappa shape index (κ2) is 22.0. The number of nitrogens with zero attached hydrogens (tertiary/aromatic N) is 3. The largest absolute Gasteiger partial charge is 0.619 e. The molecule has 1 N–H and O–H groups in total. The van der Waals surface area contributed by atoms with E-state index in [1.165, 1.54) is 36.4 Å². The summed E-state index contributed by atoms with van der Waals surface area (Å²) in [5.74, 6) is -1.23. The van der Waals surface area contributed by atoms with E-state index in [1.807, 2.05) is 30.3 Å². The van der Waals surface area contributed by atoms with Crippen molar-refractivity contribution < 1.29 is 60.0 Å². The predicted molar refractivity (Wildman–Crippen MR) is 258 cm³/mol. The van der Waals surface area contributed by atoms with Gasteiger partial charge in [0, 0.05) is 30.8 Å². The third-order valence-corrected chi connectivity index (χ3v) is 16.6. The highest BCUT2D eigenvalue weighted by Crippen LogP contribution is 2.40. The molecular formula is C50H48Cl2F2N4O11S2. The minimum absolute atomic E-state index is 0.0333. The summed E-state index contributed by atoms with van der Waals surface area (Å²) in [6.07, 6.45) is 3.65. The molecule has 0 spiro atoms. The topological polar surface area (TPSA) is 177 Å². The molecule has 5 fully saturated rings. The van der Waals surface area contributed by atoms with E-state index in [2.05, 4.69) is 10.2 Å². The van der Waals surface area contributed by atoms with Gasteiger partial charge in [0.1, 0.15) is 28.0 Å². The van der Waals surface area contributed by atoms with Crippen LogP contribution in [0.2, 0.25) is 10.0 Å². The fourth-order valence-corrected chi connectivity index (χ4v) is 12.6. The Bertz CT molecular complexity index is 2850. The zero-order valence-corrected chi connectivity index (χ0v) is 41.0. The zero-order valence-electron chi connectivity index (χ0n) is 37.9. The van der Waals surface area contributed by atoms with Gasteiger partial charge in [-0.25, -0.2) is 22.8 Å². The SMILES string of the molecule is O=C(NC(c1ccccc1)c1cccc(OC(=O)c2cccc(S(=O)(=O)N3CCS[C@H]3C(=O)O[C@@H](Cc3c(Cl)c[n+]([O-])cc3Cl)c3ccc(OC(F)F)c(OCC4CC4)c3)c2)c1)O[C@@H]1CN2CCC1CC2. The van der Waals surface area contributed by atoms with Crippen molar-refractivity contribution in [2.45, 2.75) is 67.2 Å². The number of sulfonamides is 1. The average Bonchev–Trinajstić information content (AvgIpc) is 4.05. The number of rotatable bonds is 18. The lowest BCUT2D eigenvalue weighted by atomic mass is 9.86. The van der Waals surface area contributed by atoms with E-state index in [-0.39, 0.29) is 86.2 Å². The molecule has 4 aliphatic heterocycles. The normalized spacial score (nSPS) is 20.7. The molecule has 1 aliphatic carbocycles. The van der Waals surface area contributed by atoms with Gasteiger partial charge in [-0.1, -0.05) is 77.8 Å². The van der Waals surface area contributed by atoms with Gasteiger partial charge in [-0.3, -0.25) is 4.90 Å². The zero-order chi connectivity index (χ0) is 49.8. The fraction of sp³-hybridized carbons (Fsp3) is 0.360. The van der Waals surface area contributed by atoms with Crippen LogP contribution in [0.3, 0.4) is 0 Å². The summed E-state index contributed by atoms with van der Waals surface area (Å²) in [5, 5.41) is 13.6. The molecule has 1 amide bonds. The van der Waals surface area contributed by atoms with Gasteiger partial charge < -0.3 is 34.2 Å². The Morgan fingerprint density at radius 3 is 2.28 bits per heavy atom. The molecule has 4 saturated heterocycles. The first kappa shape index (κ1) is 50.2. The molecule has 21 heteroatoms. The Hall–Kier alpha value is -5.70. The van der Waals surface area contributed by atoms with Crippen LogP contribution >= 0.6 is 35.0 Å². The highest BCUT2D eigenvalue weighted by molar-refractivity contribution is 8.02. The summed E-state index contributed by atoms with van der Waals surface area (Å²) in [6, 6.07) is 24.5. The molecule has 5 aliphatic rings. The van der Waals surface area contributed by atoms with Crippen molar-refractivity contribution in [2.75, 3.05) is 38.5 Å². The van der Waals surface area contributed by atoms with Crippen LogP contribution in [0.15, 0.2) is 114 Å². The van der Waals surface area contributed by atoms with Crippen LogP contribution in [-0.2, 0) is 30.7 Å². The van der Waals surface area contributed by atoms with Gasteiger partial charge in [0.25, 0.3) is 0 Å². The number of benzene rings is 4. The Labute approximate surface area is 422 Å². The number of alkyl carbamates (subject to hydrolysis) is 1. The maximum Gasteiger partial charge on any atom is 0.408 e. The lowest BCUT2D eigenvalue weighted by Gasteiger charge is -2.43. The van der Waals surface area contributed by atoms with Crippen LogP contribution in [0, 0.1) is 17.0 Å². The Morgan fingerprint density at radius 2 is 1.58 bits per heavy atom. The van der Waals surface area contributed by atoms with Crippen molar-refractivity contribution in [1.82, 2.24) is 14.5 Å². The number of pyridine rings is 1. The first-order chi connectivity index (χ1) is 34.2. The van der Waals surface area contributed by atoms with Crippen molar-refractivity contribution in [3.8, 4) is 17.2 Å². The molecule has 5 aromatic rings. The van der Waals surface area contributed by atoms with E-state index in [1.54, 1.807) is 24.3 Å². The van der Waals surface area contributed by atoms with Gasteiger partial charge in [-0.15, -0.1) is 11.8 Å². The van der Waals surface area contributed by atoms with Crippen LogP contribution in [0.1, 0.15) is 70.4 Å². The number of carbonyl (C=O) groups excluding carboxylic acids is 3. The number of aromatic nitrogens is 1. The highest BCUT2D eigenvalue weighted by atomic mass is 35.5. The standard InChI is InChI=1S/C50H48Cl2F2N4O11S2/c51-39-26-57(62)27-40(52)38(39)25-42(33-14-15-41(68-49(53)54)43(24-33)65-29-30-12-13-30)67-48(60)46-58(20-21-70-46)71(63,64)37-11-5-9-35(23-37)47(59)66-36-10-4-8-34(22-36)45(32-6-2-1-3-7-32)55-50(61)69-44-28-56-18-16-31(44)17-19-56/h1-11,14-15,22-24,26-27,30-31,42,44-46,49H,12-13,16-21,25,28-29H2,(H,55,61)/t42-,44+,45?,46-/m0/s1. The van der Waals surface area contributed by atoms with Gasteiger partial charge >= 0.3 is 24.6 Å². The fourth-order valence-electron chi connectivity index (χ4n) is 8.93. The summed E-state index contributed by atoms with van der Waals surface area (Å²) >= 11 is 13.9. The molecule has 1 aromatic heterocycles. The van der Waals surface area contributed by atoms with Crippen molar-refractivity contribution in [3.63, 3.8) is 0 Å². The quantitative estimate of drug-likeness (QED) is 0.0382. The number of hydrogen-bond acceptors (Lipinski definition) is 13. The van der Waals surface area contributed by atoms with Crippen LogP contribution in [0.4, 0.5) is 13.6 Å². The van der Waals surface area contributed by atoms with E-state index in [0.29, 0.717) is 22.8 Å². The Morgan fingerprint density at radius 1 is 0.845 bits per heavy atom. The molecule has 1 saturated carbocycles. The number of amides is 1. The van der Waals surface area contributed by atoms with Crippen molar-refractivity contribution in [3.05, 3.63) is 153 Å². The molecule has 4 aromatic carbocycles. The number of esters is 2. The van der Waals surface area contributed by atoms with Crippen LogP contribution < -0.4 is 24.3 Å². The van der Waals surface area contributed by atoms with Crippen LogP contribution in [0.5, 0.6) is 17.2 Å². The van der Waals surface area contributed by atoms with Crippen LogP contribution in [0.25, 0.3) is 0 Å². The predicted octanol–water partition coefficient (Wildman–Crippen LogP) is 8.74. The minimum atomic E-state index is -4.48. The second-order valence-electron chi connectivity index (χ2n) is 17.7. The van der Waals surface area contributed by atoms with Gasteiger partial charge in [0.2, 0.25) is 10.0 Å². The third kappa shape index (κ3) is 12.2. The lowest BCUT2D eigenvalue weighted by molar-refractivity contribution is -0.605. The maximum absolute atomic E-state index is 14.4. The van der Waals surface area contributed by atoms with E-state index in [0.717, 1.165) is 78.9 Å². The van der Waals surface area contributed by atoms with E-state index in [4.69, 9.17) is 46.9 Å². The lowest BCUT2D eigenvalue weighted by Crippen LogP contribution is -2.52. The smallest absolute Gasteiger partial charge is 0.408 e. The molecule has 5 heterocycles. The van der Waals surface area contributed by atoms with Crippen LogP contribution in [-0.4, -0.2) is 92.3 Å². The highest BCUT2D eigenvalue weighted by Gasteiger charge is 2.43. The molecule has 2 bridgehead atoms. The molecule has 15 nitrogen and oxygen atoms in total. The Balaban J connectivity index is 0.917. The average molecular weight is 1050 g/mol. The first-order valence-electron chi connectivity index (χ1n) is 23.0. The summed E-state index contributed by atoms with van der Waals surface area (Å²) in [5.41, 5.74) is 1.73. The number of alkyl halides is 2. The van der Waals surface area contributed by atoms with Gasteiger partial charge in [-0.05, 0) is 110 Å². The van der Waals surface area contributed by atoms with Crippen molar-refractivity contribution in [2.24, 2.45) is 11.8 Å². The monoisotopic (exact) mass is 1050 g/mol. The van der Waals surface area contributed by atoms with Crippen molar-refractivity contribution in [1.29, 1.82) is 0 Å². The molecule has 0 radical (unpaired) electrons. The number of carbonyl (C=O) groups is 3. The summed E-state index contributed by atoms with van der Waals surface area (Å²) in [6.45, 7) is -0.328. The number of ether oxygens (including phenoxy) is 5. The maximum atomic E-state index is 14.4. The number of piperidine rings is 3. The Kier molecular flexibility index (Phi) is 15.5. The molecular weight excluding hydrogens is 1010 g/mol. The number of hydrogen-bond donors (Lipinski definition) is 1. The summed E-state index contributed by atoms with van der Waals surface area (Å²) in [4.78, 5) is 43.4. The number of nitrogens with one attached hydrogen (secondary N) is 1. The van der Waals surface area contributed by atoms with Gasteiger partial charge in [-0.2, -0.15) is 17.8 Å². The molecule has 374 valence electrons. The minimum Gasteiger partial charge on any atom is -0.619 e. The van der Waals surface area contributed by atoms with E-state index >= 15 is 0 Å². The number of halogens is 4. The van der Waals surface area contributed by atoms with E-state index in [9.17, 15) is 36.8 Å². The van der Waals surface area contributed by atoms with Gasteiger partial charge in [0.15, 0.2) is 29.3 Å². The summed E-state index contributed by atoms with van der Waals surface area (Å²) in [7, 11) is -4.48. The van der Waals surface area contributed by atoms with E-state index < -0.39 is 52.2 Å². The first-order valence-corrected chi connectivity index (χ1v) is 26.2. The summed E-state index contributed by atoms with van der Waals surface area (Å²) < 4.78 is 85.4. The number of fused-ring (bicyclic) bond motifs is 3. The molecule has 71 heavy (non-hydrogen) atoms.